The number of rotatable bonds is 4. The second-order valence-electron chi connectivity index (χ2n) is 4.47. The van der Waals surface area contributed by atoms with Gasteiger partial charge in [0.05, 0.1) is 17.2 Å². The van der Waals surface area contributed by atoms with E-state index in [1.54, 1.807) is 24.3 Å². The standard InChI is InChI=1S/C10H15N3O4S2/c11-19(16,17)13-9-3-1-2-8(6-9)12-10-4-5-18(14,15)7-10/h1-3,6,10,12-13H,4-5,7H2,(H2,11,16,17). The molecule has 1 unspecified atom stereocenters. The Balaban J connectivity index is 2.08. The van der Waals surface area contributed by atoms with Crippen molar-refractivity contribution in [3.8, 4) is 0 Å². The van der Waals surface area contributed by atoms with Gasteiger partial charge >= 0.3 is 0 Å². The van der Waals surface area contributed by atoms with Crippen LogP contribution in [0.5, 0.6) is 0 Å². The summed E-state index contributed by atoms with van der Waals surface area (Å²) in [5.74, 6) is 0.277. The van der Waals surface area contributed by atoms with E-state index in [0.29, 0.717) is 17.8 Å². The van der Waals surface area contributed by atoms with Crippen LogP contribution in [0, 0.1) is 0 Å². The molecule has 0 amide bonds. The number of hydrogen-bond acceptors (Lipinski definition) is 5. The van der Waals surface area contributed by atoms with E-state index >= 15 is 0 Å². The van der Waals surface area contributed by atoms with Gasteiger partial charge in [0.25, 0.3) is 10.2 Å². The minimum absolute atomic E-state index is 0.0971. The zero-order valence-corrected chi connectivity index (χ0v) is 11.7. The lowest BCUT2D eigenvalue weighted by molar-refractivity contribution is 0.600. The molecule has 1 fully saturated rings. The zero-order valence-electron chi connectivity index (χ0n) is 10.0. The first kappa shape index (κ1) is 14.1. The van der Waals surface area contributed by atoms with Crippen molar-refractivity contribution in [1.29, 1.82) is 0 Å². The number of sulfone groups is 1. The van der Waals surface area contributed by atoms with Crippen LogP contribution in [0.25, 0.3) is 0 Å². The van der Waals surface area contributed by atoms with E-state index < -0.39 is 20.0 Å². The van der Waals surface area contributed by atoms with E-state index in [1.165, 1.54) is 0 Å². The van der Waals surface area contributed by atoms with Crippen molar-refractivity contribution >= 4 is 31.4 Å². The molecule has 1 aliphatic heterocycles. The second kappa shape index (κ2) is 4.99. The summed E-state index contributed by atoms with van der Waals surface area (Å²) in [6.45, 7) is 0. The van der Waals surface area contributed by atoms with Crippen LogP contribution in [-0.2, 0) is 20.0 Å². The molecule has 1 heterocycles. The van der Waals surface area contributed by atoms with E-state index in [9.17, 15) is 16.8 Å². The third kappa shape index (κ3) is 4.37. The van der Waals surface area contributed by atoms with E-state index in [0.717, 1.165) is 0 Å². The molecule has 1 aliphatic rings. The summed E-state index contributed by atoms with van der Waals surface area (Å²) in [6, 6.07) is 6.37. The zero-order chi connectivity index (χ0) is 14.1. The van der Waals surface area contributed by atoms with Crippen molar-refractivity contribution in [3.63, 3.8) is 0 Å². The maximum atomic E-state index is 11.3. The third-order valence-corrected chi connectivity index (χ3v) is 5.01. The van der Waals surface area contributed by atoms with Crippen molar-refractivity contribution in [2.45, 2.75) is 12.5 Å². The molecule has 0 bridgehead atoms. The number of hydrogen-bond donors (Lipinski definition) is 3. The summed E-state index contributed by atoms with van der Waals surface area (Å²) < 4.78 is 46.6. The highest BCUT2D eigenvalue weighted by molar-refractivity contribution is 7.91. The summed E-state index contributed by atoms with van der Waals surface area (Å²) in [5, 5.41) is 7.95. The lowest BCUT2D eigenvalue weighted by Crippen LogP contribution is -2.22. The van der Waals surface area contributed by atoms with Gasteiger partial charge in [-0.3, -0.25) is 4.72 Å². The van der Waals surface area contributed by atoms with Crippen molar-refractivity contribution in [2.24, 2.45) is 5.14 Å². The monoisotopic (exact) mass is 305 g/mol. The van der Waals surface area contributed by atoms with Crippen LogP contribution < -0.4 is 15.2 Å². The van der Waals surface area contributed by atoms with Gasteiger partial charge in [-0.15, -0.1) is 0 Å². The molecule has 0 aliphatic carbocycles. The molecule has 1 aromatic rings. The van der Waals surface area contributed by atoms with Gasteiger partial charge in [0, 0.05) is 11.7 Å². The van der Waals surface area contributed by atoms with Gasteiger partial charge in [0.1, 0.15) is 0 Å². The van der Waals surface area contributed by atoms with Crippen LogP contribution in [0.2, 0.25) is 0 Å². The molecule has 4 N–H and O–H groups in total. The smallest absolute Gasteiger partial charge is 0.296 e. The number of nitrogens with one attached hydrogen (secondary N) is 2. The molecule has 19 heavy (non-hydrogen) atoms. The fourth-order valence-electron chi connectivity index (χ4n) is 1.98. The minimum atomic E-state index is -3.81. The fourth-order valence-corrected chi connectivity index (χ4v) is 4.11. The van der Waals surface area contributed by atoms with Crippen LogP contribution in [-0.4, -0.2) is 34.4 Å². The van der Waals surface area contributed by atoms with Crippen molar-refractivity contribution in [2.75, 3.05) is 21.5 Å². The molecule has 7 nitrogen and oxygen atoms in total. The van der Waals surface area contributed by atoms with Crippen molar-refractivity contribution in [1.82, 2.24) is 0 Å². The van der Waals surface area contributed by atoms with E-state index in [1.807, 2.05) is 0 Å². The predicted octanol–water partition coefficient (Wildman–Crippen LogP) is -0.0990. The number of benzene rings is 1. The maximum Gasteiger partial charge on any atom is 0.296 e. The maximum absolute atomic E-state index is 11.3. The van der Waals surface area contributed by atoms with Gasteiger partial charge in [0.2, 0.25) is 0 Å². The average Bonchev–Trinajstić information content (AvgIpc) is 2.56. The Morgan fingerprint density at radius 1 is 1.26 bits per heavy atom. The van der Waals surface area contributed by atoms with Crippen LogP contribution in [0.15, 0.2) is 24.3 Å². The largest absolute Gasteiger partial charge is 0.381 e. The molecule has 0 saturated carbocycles. The van der Waals surface area contributed by atoms with Gasteiger partial charge in [-0.05, 0) is 24.6 Å². The number of nitrogens with two attached hydrogens (primary N) is 1. The number of anilines is 2. The van der Waals surface area contributed by atoms with Crippen LogP contribution in [0.3, 0.4) is 0 Å². The Morgan fingerprint density at radius 2 is 1.95 bits per heavy atom. The lowest BCUT2D eigenvalue weighted by atomic mass is 10.2. The molecule has 0 spiro atoms. The van der Waals surface area contributed by atoms with Gasteiger partial charge in [-0.1, -0.05) is 6.07 Å². The predicted molar refractivity (Wildman–Crippen MR) is 73.9 cm³/mol. The minimum Gasteiger partial charge on any atom is -0.381 e. The fraction of sp³-hybridized carbons (Fsp3) is 0.400. The molecular formula is C10H15N3O4S2. The highest BCUT2D eigenvalue weighted by Gasteiger charge is 2.27. The SMILES string of the molecule is NS(=O)(=O)Nc1cccc(NC2CCS(=O)(=O)C2)c1. The van der Waals surface area contributed by atoms with Crippen LogP contribution in [0.4, 0.5) is 11.4 Å². The summed E-state index contributed by atoms with van der Waals surface area (Å²) >= 11 is 0. The van der Waals surface area contributed by atoms with Gasteiger partial charge in [0.15, 0.2) is 9.84 Å². The Bertz CT molecular complexity index is 670. The van der Waals surface area contributed by atoms with E-state index in [4.69, 9.17) is 5.14 Å². The summed E-state index contributed by atoms with van der Waals surface area (Å²) in [7, 11) is -6.76. The first-order valence-corrected chi connectivity index (χ1v) is 8.98. The summed E-state index contributed by atoms with van der Waals surface area (Å²) in [4.78, 5) is 0. The second-order valence-corrected chi connectivity index (χ2v) is 8.00. The summed E-state index contributed by atoms with van der Waals surface area (Å²) in [5.41, 5.74) is 0.976. The van der Waals surface area contributed by atoms with Gasteiger partial charge in [-0.2, -0.15) is 8.42 Å². The molecule has 9 heteroatoms. The van der Waals surface area contributed by atoms with Crippen molar-refractivity contribution < 1.29 is 16.8 Å². The van der Waals surface area contributed by atoms with Gasteiger partial charge < -0.3 is 5.32 Å². The average molecular weight is 305 g/mol. The first-order chi connectivity index (χ1) is 8.73. The third-order valence-electron chi connectivity index (χ3n) is 2.73. The van der Waals surface area contributed by atoms with Crippen LogP contribution in [0.1, 0.15) is 6.42 Å². The molecule has 1 saturated heterocycles. The highest BCUT2D eigenvalue weighted by atomic mass is 32.2. The molecule has 0 aromatic heterocycles. The van der Waals surface area contributed by atoms with Crippen molar-refractivity contribution in [3.05, 3.63) is 24.3 Å². The molecule has 1 atom stereocenters. The molecule has 106 valence electrons. The Morgan fingerprint density at radius 3 is 2.53 bits per heavy atom. The Kier molecular flexibility index (Phi) is 3.70. The molecule has 2 rings (SSSR count). The highest BCUT2D eigenvalue weighted by Crippen LogP contribution is 2.20. The molecule has 0 radical (unpaired) electrons. The quantitative estimate of drug-likeness (QED) is 0.718. The molecule has 1 aromatic carbocycles. The van der Waals surface area contributed by atoms with Crippen LogP contribution >= 0.6 is 0 Å². The normalized spacial score (nSPS) is 22.1. The Hall–Kier alpha value is -1.32. The Labute approximate surface area is 112 Å². The first-order valence-electron chi connectivity index (χ1n) is 5.61. The lowest BCUT2D eigenvalue weighted by Gasteiger charge is -2.13. The van der Waals surface area contributed by atoms with E-state index in [-0.39, 0.29) is 17.5 Å². The molecular weight excluding hydrogens is 290 g/mol. The topological polar surface area (TPSA) is 118 Å². The van der Waals surface area contributed by atoms with Gasteiger partial charge in [-0.25, -0.2) is 13.6 Å². The summed E-state index contributed by atoms with van der Waals surface area (Å²) in [6.07, 6.45) is 0.551. The van der Waals surface area contributed by atoms with E-state index in [2.05, 4.69) is 10.0 Å².